The van der Waals surface area contributed by atoms with Crippen LogP contribution in [0.2, 0.25) is 0 Å². The highest BCUT2D eigenvalue weighted by atomic mass is 19.4. The second-order valence-corrected chi connectivity index (χ2v) is 7.57. The van der Waals surface area contributed by atoms with Crippen molar-refractivity contribution in [2.75, 3.05) is 10.6 Å². The standard InChI is InChI=1S/C21H23F3N4O/c22-21(23,24)14-8-19(18-12-26-28-20(18)9-14)25-11-13-3-1-4-15(7-13)27-16-5-2-6-17(29)10-16/h1,3-4,7-9,12,16-17,25,27,29H,2,5-6,10-11H2,(H,26,28). The molecule has 1 heterocycles. The van der Waals surface area contributed by atoms with E-state index in [0.29, 0.717) is 23.1 Å². The van der Waals surface area contributed by atoms with Crippen LogP contribution in [0.25, 0.3) is 10.9 Å². The number of hydrogen-bond acceptors (Lipinski definition) is 4. The maximum Gasteiger partial charge on any atom is 0.416 e. The number of alkyl halides is 3. The van der Waals surface area contributed by atoms with Crippen molar-refractivity contribution in [2.24, 2.45) is 0 Å². The van der Waals surface area contributed by atoms with Gasteiger partial charge in [-0.2, -0.15) is 18.3 Å². The van der Waals surface area contributed by atoms with Gasteiger partial charge in [-0.15, -0.1) is 0 Å². The lowest BCUT2D eigenvalue weighted by Crippen LogP contribution is -2.29. The fourth-order valence-electron chi connectivity index (χ4n) is 3.86. The summed E-state index contributed by atoms with van der Waals surface area (Å²) in [5, 5.41) is 23.5. The van der Waals surface area contributed by atoms with Gasteiger partial charge in [0.05, 0.1) is 23.4 Å². The van der Waals surface area contributed by atoms with Crippen LogP contribution >= 0.6 is 0 Å². The van der Waals surface area contributed by atoms with Crippen LogP contribution in [0.4, 0.5) is 24.5 Å². The Hall–Kier alpha value is -2.74. The van der Waals surface area contributed by atoms with Crippen molar-refractivity contribution in [2.45, 2.75) is 50.6 Å². The van der Waals surface area contributed by atoms with Gasteiger partial charge in [-0.1, -0.05) is 12.1 Å². The largest absolute Gasteiger partial charge is 0.416 e. The number of aromatic nitrogens is 2. The molecule has 0 saturated heterocycles. The van der Waals surface area contributed by atoms with Gasteiger partial charge in [-0.3, -0.25) is 5.10 Å². The average Bonchev–Trinajstić information content (AvgIpc) is 3.14. The van der Waals surface area contributed by atoms with E-state index in [9.17, 15) is 18.3 Å². The van der Waals surface area contributed by atoms with Gasteiger partial charge < -0.3 is 15.7 Å². The zero-order chi connectivity index (χ0) is 20.4. The summed E-state index contributed by atoms with van der Waals surface area (Å²) in [6, 6.07) is 10.2. The molecule has 154 valence electrons. The molecule has 1 aromatic heterocycles. The highest BCUT2D eigenvalue weighted by molar-refractivity contribution is 5.91. The Bertz CT molecular complexity index is 985. The maximum absolute atomic E-state index is 13.2. The molecule has 4 N–H and O–H groups in total. The van der Waals surface area contributed by atoms with Gasteiger partial charge in [0.1, 0.15) is 0 Å². The van der Waals surface area contributed by atoms with E-state index >= 15 is 0 Å². The maximum atomic E-state index is 13.2. The van der Waals surface area contributed by atoms with Crippen molar-refractivity contribution in [3.05, 3.63) is 53.7 Å². The highest BCUT2D eigenvalue weighted by Gasteiger charge is 2.31. The molecule has 4 rings (SSSR count). The number of benzene rings is 2. The third-order valence-electron chi connectivity index (χ3n) is 5.31. The van der Waals surface area contributed by atoms with E-state index in [4.69, 9.17) is 0 Å². The smallest absolute Gasteiger partial charge is 0.393 e. The number of aliphatic hydroxyl groups is 1. The SMILES string of the molecule is OC1CCCC(Nc2cccc(CNc3cc(C(F)(F)F)cc4[nH]ncc34)c2)C1. The Morgan fingerprint density at radius 2 is 2.03 bits per heavy atom. The summed E-state index contributed by atoms with van der Waals surface area (Å²) in [6.45, 7) is 0.379. The summed E-state index contributed by atoms with van der Waals surface area (Å²) in [4.78, 5) is 0. The van der Waals surface area contributed by atoms with Crippen LogP contribution in [0, 0.1) is 0 Å². The van der Waals surface area contributed by atoms with Crippen LogP contribution in [0.5, 0.6) is 0 Å². The van der Waals surface area contributed by atoms with Crippen LogP contribution in [0.3, 0.4) is 0 Å². The van der Waals surface area contributed by atoms with Crippen molar-refractivity contribution in [3.8, 4) is 0 Å². The van der Waals surface area contributed by atoms with Crippen molar-refractivity contribution in [1.82, 2.24) is 10.2 Å². The lowest BCUT2D eigenvalue weighted by molar-refractivity contribution is -0.137. The molecule has 29 heavy (non-hydrogen) atoms. The van der Waals surface area contributed by atoms with Crippen LogP contribution in [-0.2, 0) is 12.7 Å². The van der Waals surface area contributed by atoms with Crippen LogP contribution in [0.15, 0.2) is 42.6 Å². The molecule has 1 saturated carbocycles. The number of rotatable bonds is 5. The van der Waals surface area contributed by atoms with Gasteiger partial charge in [0.2, 0.25) is 0 Å². The topological polar surface area (TPSA) is 73.0 Å². The van der Waals surface area contributed by atoms with Crippen molar-refractivity contribution in [1.29, 1.82) is 0 Å². The minimum Gasteiger partial charge on any atom is -0.393 e. The molecular formula is C21H23F3N4O. The summed E-state index contributed by atoms with van der Waals surface area (Å²) in [5.41, 5.74) is 1.90. The predicted molar refractivity (Wildman–Crippen MR) is 107 cm³/mol. The second-order valence-electron chi connectivity index (χ2n) is 7.57. The van der Waals surface area contributed by atoms with Crippen LogP contribution in [0.1, 0.15) is 36.8 Å². The summed E-state index contributed by atoms with van der Waals surface area (Å²) in [5.74, 6) is 0. The number of aliphatic hydroxyl groups excluding tert-OH is 1. The van der Waals surface area contributed by atoms with E-state index in [-0.39, 0.29) is 12.1 Å². The molecule has 1 fully saturated rings. The number of nitrogens with one attached hydrogen (secondary N) is 3. The van der Waals surface area contributed by atoms with Crippen LogP contribution in [-0.4, -0.2) is 27.4 Å². The first-order chi connectivity index (χ1) is 13.9. The monoisotopic (exact) mass is 404 g/mol. The quantitative estimate of drug-likeness (QED) is 0.488. The number of halogens is 3. The molecule has 3 aromatic rings. The Kier molecular flexibility index (Phi) is 5.36. The summed E-state index contributed by atoms with van der Waals surface area (Å²) in [7, 11) is 0. The van der Waals surface area contributed by atoms with Gasteiger partial charge in [0, 0.05) is 29.3 Å². The summed E-state index contributed by atoms with van der Waals surface area (Å²) in [6.07, 6.45) is 0.420. The minimum atomic E-state index is -4.43. The average molecular weight is 404 g/mol. The molecule has 2 aromatic carbocycles. The number of nitrogens with zero attached hydrogens (tertiary/aromatic N) is 1. The second kappa shape index (κ2) is 7.94. The predicted octanol–water partition coefficient (Wildman–Crippen LogP) is 4.91. The zero-order valence-corrected chi connectivity index (χ0v) is 15.8. The molecule has 2 unspecified atom stereocenters. The first-order valence-electron chi connectivity index (χ1n) is 9.70. The van der Waals surface area contributed by atoms with Crippen molar-refractivity contribution in [3.63, 3.8) is 0 Å². The number of anilines is 2. The molecular weight excluding hydrogens is 381 g/mol. The van der Waals surface area contributed by atoms with Gasteiger partial charge in [0.25, 0.3) is 0 Å². The Morgan fingerprint density at radius 3 is 2.83 bits per heavy atom. The van der Waals surface area contributed by atoms with Gasteiger partial charge in [-0.05, 0) is 55.5 Å². The van der Waals surface area contributed by atoms with Gasteiger partial charge >= 0.3 is 6.18 Å². The first-order valence-corrected chi connectivity index (χ1v) is 9.70. The number of hydrogen-bond donors (Lipinski definition) is 4. The first kappa shape index (κ1) is 19.6. The molecule has 0 spiro atoms. The zero-order valence-electron chi connectivity index (χ0n) is 15.8. The number of aromatic amines is 1. The molecule has 5 nitrogen and oxygen atoms in total. The lowest BCUT2D eigenvalue weighted by Gasteiger charge is -2.27. The molecule has 0 radical (unpaired) electrons. The lowest BCUT2D eigenvalue weighted by atomic mass is 9.93. The van der Waals surface area contributed by atoms with Crippen molar-refractivity contribution < 1.29 is 18.3 Å². The molecule has 1 aliphatic carbocycles. The van der Waals surface area contributed by atoms with E-state index in [1.54, 1.807) is 0 Å². The van der Waals surface area contributed by atoms with Crippen LogP contribution < -0.4 is 10.6 Å². The highest BCUT2D eigenvalue weighted by Crippen LogP contribution is 2.35. The van der Waals surface area contributed by atoms with E-state index in [1.807, 2.05) is 24.3 Å². The normalized spacial score (nSPS) is 20.0. The summed E-state index contributed by atoms with van der Waals surface area (Å²) < 4.78 is 39.5. The van der Waals surface area contributed by atoms with E-state index in [1.165, 1.54) is 6.20 Å². The van der Waals surface area contributed by atoms with Crippen molar-refractivity contribution >= 4 is 22.3 Å². The van der Waals surface area contributed by atoms with Gasteiger partial charge in [-0.25, -0.2) is 0 Å². The fraction of sp³-hybridized carbons (Fsp3) is 0.381. The minimum absolute atomic E-state index is 0.232. The molecule has 8 heteroatoms. The molecule has 2 atom stereocenters. The Balaban J connectivity index is 1.49. The van der Waals surface area contributed by atoms with E-state index < -0.39 is 11.7 Å². The fourth-order valence-corrected chi connectivity index (χ4v) is 3.86. The van der Waals surface area contributed by atoms with E-state index in [0.717, 1.165) is 49.1 Å². The third-order valence-corrected chi connectivity index (χ3v) is 5.31. The number of H-pyrrole nitrogens is 1. The molecule has 1 aliphatic rings. The molecule has 0 amide bonds. The Labute approximate surface area is 166 Å². The third kappa shape index (κ3) is 4.64. The summed E-state index contributed by atoms with van der Waals surface area (Å²) >= 11 is 0. The van der Waals surface area contributed by atoms with E-state index in [2.05, 4.69) is 20.8 Å². The molecule has 0 aliphatic heterocycles. The molecule has 0 bridgehead atoms. The Morgan fingerprint density at radius 1 is 1.17 bits per heavy atom. The van der Waals surface area contributed by atoms with Gasteiger partial charge in [0.15, 0.2) is 0 Å². The number of fused-ring (bicyclic) bond motifs is 1.